The molecule has 178 valence electrons. The molecule has 0 saturated heterocycles. The normalized spacial score (nSPS) is 11.2. The van der Waals surface area contributed by atoms with Crippen LogP contribution in [-0.4, -0.2) is 37.6 Å². The average molecular weight is 498 g/mol. The maximum absolute atomic E-state index is 12.8. The Kier molecular flexibility index (Phi) is 9.00. The lowest BCUT2D eigenvalue weighted by Crippen LogP contribution is -2.22. The molecule has 1 unspecified atom stereocenters. The van der Waals surface area contributed by atoms with E-state index in [4.69, 9.17) is 26.4 Å². The first-order valence-electron chi connectivity index (χ1n) is 10.4. The molecule has 3 aromatic carbocycles. The second-order valence-electron chi connectivity index (χ2n) is 7.16. The highest BCUT2D eigenvalue weighted by molar-refractivity contribution is 8.00. The number of ether oxygens (including phenoxy) is 3. The van der Waals surface area contributed by atoms with Gasteiger partial charge in [-0.3, -0.25) is 4.79 Å². The van der Waals surface area contributed by atoms with Gasteiger partial charge in [0.25, 0.3) is 0 Å². The Morgan fingerprint density at radius 2 is 1.53 bits per heavy atom. The maximum Gasteiger partial charge on any atom is 0.237 e. The van der Waals surface area contributed by atoms with Gasteiger partial charge in [-0.15, -0.1) is 11.8 Å². The Morgan fingerprint density at radius 1 is 0.824 bits per heavy atom. The summed E-state index contributed by atoms with van der Waals surface area (Å²) in [7, 11) is 4.74. The molecule has 0 bridgehead atoms. The number of hydrogen-bond acceptors (Lipinski definition) is 6. The third kappa shape index (κ3) is 7.03. The summed E-state index contributed by atoms with van der Waals surface area (Å²) < 4.78 is 15.9. The van der Waals surface area contributed by atoms with Gasteiger partial charge in [-0.1, -0.05) is 18.2 Å². The summed E-state index contributed by atoms with van der Waals surface area (Å²) >= 11 is 6.89. The molecule has 0 heterocycles. The van der Waals surface area contributed by atoms with Gasteiger partial charge in [-0.05, 0) is 49.5 Å². The topological polar surface area (TPSA) is 80.9 Å². The highest BCUT2D eigenvalue weighted by Gasteiger charge is 2.16. The van der Waals surface area contributed by atoms with E-state index >= 15 is 0 Å². The molecule has 0 aliphatic rings. The summed E-state index contributed by atoms with van der Waals surface area (Å²) in [6.07, 6.45) is 0. The minimum Gasteiger partial charge on any atom is -0.497 e. The number of carbonyl (C=O) groups is 1. The molecule has 0 fully saturated rings. The van der Waals surface area contributed by atoms with Crippen LogP contribution >= 0.6 is 24.0 Å². The van der Waals surface area contributed by atoms with E-state index in [0.717, 1.165) is 16.3 Å². The smallest absolute Gasteiger partial charge is 0.237 e. The summed E-state index contributed by atoms with van der Waals surface area (Å²) in [6, 6.07) is 20.5. The quantitative estimate of drug-likeness (QED) is 0.259. The molecule has 0 aliphatic heterocycles. The lowest BCUT2D eigenvalue weighted by molar-refractivity contribution is -0.115. The number of para-hydroxylation sites is 2. The van der Waals surface area contributed by atoms with E-state index in [1.165, 1.54) is 11.8 Å². The summed E-state index contributed by atoms with van der Waals surface area (Å²) in [4.78, 5) is 13.7. The van der Waals surface area contributed by atoms with Crippen molar-refractivity contribution in [1.29, 1.82) is 0 Å². The number of nitrogens with one attached hydrogen (secondary N) is 3. The number of thioether (sulfide) groups is 1. The first-order chi connectivity index (χ1) is 16.4. The van der Waals surface area contributed by atoms with Gasteiger partial charge < -0.3 is 30.2 Å². The van der Waals surface area contributed by atoms with Crippen molar-refractivity contribution in [3.8, 4) is 17.2 Å². The van der Waals surface area contributed by atoms with Gasteiger partial charge in [0.1, 0.15) is 17.2 Å². The van der Waals surface area contributed by atoms with Crippen molar-refractivity contribution in [2.45, 2.75) is 17.1 Å². The standard InChI is InChI=1S/C25H27N3O4S2/c1-16(24(29)26-18-12-19(30-2)15-20(13-18)31-3)34-21-9-7-8-17(14-21)27-25(33)28-22-10-5-6-11-23(22)32-4/h5-16H,1-4H3,(H,26,29)(H2,27,28,33). The molecule has 0 saturated carbocycles. The van der Waals surface area contributed by atoms with Gasteiger partial charge in [-0.25, -0.2) is 0 Å². The molecule has 0 aromatic heterocycles. The first kappa shape index (κ1) is 25.2. The Hall–Kier alpha value is -3.43. The number of rotatable bonds is 9. The van der Waals surface area contributed by atoms with Crippen molar-refractivity contribution in [2.24, 2.45) is 0 Å². The van der Waals surface area contributed by atoms with E-state index in [2.05, 4.69) is 16.0 Å². The molecule has 1 atom stereocenters. The molecule has 0 radical (unpaired) electrons. The largest absolute Gasteiger partial charge is 0.497 e. The molecule has 0 aliphatic carbocycles. The van der Waals surface area contributed by atoms with Gasteiger partial charge >= 0.3 is 0 Å². The fraction of sp³-hybridized carbons (Fsp3) is 0.200. The minimum atomic E-state index is -0.342. The number of carbonyl (C=O) groups excluding carboxylic acids is 1. The number of hydrogen-bond donors (Lipinski definition) is 3. The van der Waals surface area contributed by atoms with Crippen molar-refractivity contribution in [1.82, 2.24) is 0 Å². The highest BCUT2D eigenvalue weighted by atomic mass is 32.2. The average Bonchev–Trinajstić information content (AvgIpc) is 2.84. The number of benzene rings is 3. The van der Waals surface area contributed by atoms with Crippen LogP contribution in [0.3, 0.4) is 0 Å². The number of methoxy groups -OCH3 is 3. The van der Waals surface area contributed by atoms with Crippen LogP contribution in [0, 0.1) is 0 Å². The zero-order valence-electron chi connectivity index (χ0n) is 19.4. The van der Waals surface area contributed by atoms with Crippen LogP contribution in [-0.2, 0) is 4.79 Å². The molecular formula is C25H27N3O4S2. The molecule has 3 N–H and O–H groups in total. The Labute approximate surface area is 209 Å². The van der Waals surface area contributed by atoms with Crippen molar-refractivity contribution < 1.29 is 19.0 Å². The van der Waals surface area contributed by atoms with Crippen LogP contribution in [0.5, 0.6) is 17.2 Å². The predicted octanol–water partition coefficient (Wildman–Crippen LogP) is 5.64. The van der Waals surface area contributed by atoms with E-state index in [-0.39, 0.29) is 11.2 Å². The second kappa shape index (κ2) is 12.2. The fourth-order valence-corrected chi connectivity index (χ4v) is 4.22. The van der Waals surface area contributed by atoms with Gasteiger partial charge in [-0.2, -0.15) is 0 Å². The van der Waals surface area contributed by atoms with E-state index in [1.54, 1.807) is 39.5 Å². The lowest BCUT2D eigenvalue weighted by atomic mass is 10.2. The molecule has 3 rings (SSSR count). The highest BCUT2D eigenvalue weighted by Crippen LogP contribution is 2.29. The third-order valence-electron chi connectivity index (χ3n) is 4.75. The van der Waals surface area contributed by atoms with Crippen LogP contribution in [0.25, 0.3) is 0 Å². The van der Waals surface area contributed by atoms with E-state index in [0.29, 0.717) is 28.0 Å². The molecule has 34 heavy (non-hydrogen) atoms. The monoisotopic (exact) mass is 497 g/mol. The SMILES string of the molecule is COc1cc(NC(=O)C(C)Sc2cccc(NC(=S)Nc3ccccc3OC)c2)cc(OC)c1. The summed E-state index contributed by atoms with van der Waals surface area (Å²) in [6.45, 7) is 1.85. The number of thiocarbonyl (C=S) groups is 1. The van der Waals surface area contributed by atoms with E-state index in [1.807, 2.05) is 55.5 Å². The van der Waals surface area contributed by atoms with E-state index in [9.17, 15) is 4.79 Å². The molecule has 0 spiro atoms. The summed E-state index contributed by atoms with van der Waals surface area (Å²) in [5.74, 6) is 1.77. The third-order valence-corrected chi connectivity index (χ3v) is 6.05. The van der Waals surface area contributed by atoms with Gasteiger partial charge in [0.2, 0.25) is 5.91 Å². The molecular weight excluding hydrogens is 470 g/mol. The number of amides is 1. The Bertz CT molecular complexity index is 1130. The van der Waals surface area contributed by atoms with Gasteiger partial charge in [0.15, 0.2) is 5.11 Å². The predicted molar refractivity (Wildman–Crippen MR) is 143 cm³/mol. The molecule has 3 aromatic rings. The molecule has 9 heteroatoms. The Balaban J connectivity index is 1.61. The van der Waals surface area contributed by atoms with E-state index < -0.39 is 0 Å². The number of anilines is 3. The van der Waals surface area contributed by atoms with Crippen LogP contribution < -0.4 is 30.2 Å². The zero-order chi connectivity index (χ0) is 24.5. The van der Waals surface area contributed by atoms with Crippen LogP contribution in [0.15, 0.2) is 71.6 Å². The van der Waals surface area contributed by atoms with Crippen LogP contribution in [0.4, 0.5) is 17.1 Å². The minimum absolute atomic E-state index is 0.132. The van der Waals surface area contributed by atoms with Crippen LogP contribution in [0.2, 0.25) is 0 Å². The Morgan fingerprint density at radius 3 is 2.21 bits per heavy atom. The van der Waals surface area contributed by atoms with Gasteiger partial charge in [0, 0.05) is 34.5 Å². The van der Waals surface area contributed by atoms with Crippen LogP contribution in [0.1, 0.15) is 6.92 Å². The van der Waals surface area contributed by atoms with Crippen molar-refractivity contribution in [2.75, 3.05) is 37.3 Å². The first-order valence-corrected chi connectivity index (χ1v) is 11.7. The maximum atomic E-state index is 12.8. The lowest BCUT2D eigenvalue weighted by Gasteiger charge is -2.15. The zero-order valence-corrected chi connectivity index (χ0v) is 21.0. The molecule has 1 amide bonds. The summed E-state index contributed by atoms with van der Waals surface area (Å²) in [5, 5.41) is 9.32. The second-order valence-corrected chi connectivity index (χ2v) is 8.98. The van der Waals surface area contributed by atoms with Gasteiger partial charge in [0.05, 0.1) is 32.3 Å². The summed E-state index contributed by atoms with van der Waals surface area (Å²) in [5.41, 5.74) is 2.19. The van der Waals surface area contributed by atoms with Crippen molar-refractivity contribution in [3.05, 3.63) is 66.7 Å². The fourth-order valence-electron chi connectivity index (χ4n) is 3.06. The van der Waals surface area contributed by atoms with Crippen molar-refractivity contribution >= 4 is 52.1 Å². The molecule has 7 nitrogen and oxygen atoms in total. The van der Waals surface area contributed by atoms with Crippen molar-refractivity contribution in [3.63, 3.8) is 0 Å².